The molecule has 6 heteroatoms. The molecular weight excluding hydrogens is 300 g/mol. The van der Waals surface area contributed by atoms with Crippen molar-refractivity contribution in [2.24, 2.45) is 0 Å². The highest BCUT2D eigenvalue weighted by Gasteiger charge is 2.17. The van der Waals surface area contributed by atoms with E-state index in [1.54, 1.807) is 24.3 Å². The lowest BCUT2D eigenvalue weighted by molar-refractivity contribution is 0.291. The largest absolute Gasteiger partial charge is 0.473 e. The van der Waals surface area contributed by atoms with Gasteiger partial charge in [-0.1, -0.05) is 36.4 Å². The monoisotopic (exact) mass is 314 g/mol. The molecule has 2 heterocycles. The van der Waals surface area contributed by atoms with Gasteiger partial charge in [0.05, 0.1) is 0 Å². The van der Waals surface area contributed by atoms with Crippen molar-refractivity contribution in [2.45, 2.75) is 11.6 Å². The van der Waals surface area contributed by atoms with E-state index in [0.717, 1.165) is 9.54 Å². The van der Waals surface area contributed by atoms with Crippen LogP contribution in [-0.4, -0.2) is 17.4 Å². The van der Waals surface area contributed by atoms with Crippen LogP contribution < -0.4 is 4.74 Å². The van der Waals surface area contributed by atoms with Gasteiger partial charge in [0.1, 0.15) is 6.61 Å². The number of pyridine rings is 1. The number of hydrogen-bond acceptors (Lipinski definition) is 4. The third-order valence-electron chi connectivity index (χ3n) is 3.05. The first-order chi connectivity index (χ1) is 10.7. The van der Waals surface area contributed by atoms with Crippen molar-refractivity contribution in [1.29, 1.82) is 0 Å². The zero-order valence-electron chi connectivity index (χ0n) is 11.7. The van der Waals surface area contributed by atoms with Crippen molar-refractivity contribution in [3.05, 3.63) is 78.6 Å². The molecule has 0 unspecified atom stereocenters. The summed E-state index contributed by atoms with van der Waals surface area (Å²) in [7, 11) is -3.68. The molecule has 0 aliphatic carbocycles. The maximum atomic E-state index is 12.4. The van der Waals surface area contributed by atoms with Gasteiger partial charge in [-0.2, -0.15) is 13.4 Å². The summed E-state index contributed by atoms with van der Waals surface area (Å²) in [5.41, 5.74) is 0.989. The van der Waals surface area contributed by atoms with Gasteiger partial charge in [0.2, 0.25) is 5.88 Å². The molecule has 0 aliphatic heterocycles. The van der Waals surface area contributed by atoms with E-state index in [4.69, 9.17) is 4.74 Å². The molecule has 0 amide bonds. The highest BCUT2D eigenvalue weighted by atomic mass is 32.2. The summed E-state index contributed by atoms with van der Waals surface area (Å²) in [5.74, 6) is 0.275. The van der Waals surface area contributed by atoms with Crippen LogP contribution in [0.3, 0.4) is 0 Å². The third-order valence-corrected chi connectivity index (χ3v) is 4.60. The van der Waals surface area contributed by atoms with Crippen LogP contribution in [0.25, 0.3) is 0 Å². The second-order valence-corrected chi connectivity index (χ2v) is 6.40. The van der Waals surface area contributed by atoms with Gasteiger partial charge < -0.3 is 4.74 Å². The van der Waals surface area contributed by atoms with E-state index in [0.29, 0.717) is 6.61 Å². The molecule has 22 heavy (non-hydrogen) atoms. The summed E-state index contributed by atoms with van der Waals surface area (Å²) in [5, 5.41) is -0.0470. The second-order valence-electron chi connectivity index (χ2n) is 4.61. The maximum absolute atomic E-state index is 12.4. The number of aromatic nitrogens is 2. The molecule has 0 aliphatic rings. The Balaban J connectivity index is 1.81. The van der Waals surface area contributed by atoms with Crippen LogP contribution in [-0.2, 0) is 16.6 Å². The first-order valence-corrected chi connectivity index (χ1v) is 8.12. The molecule has 0 bridgehead atoms. The Hall–Kier alpha value is -2.60. The molecule has 0 saturated carbocycles. The Morgan fingerprint density at radius 3 is 2.36 bits per heavy atom. The van der Waals surface area contributed by atoms with Crippen molar-refractivity contribution < 1.29 is 13.2 Å². The van der Waals surface area contributed by atoms with E-state index in [9.17, 15) is 8.42 Å². The fraction of sp³-hybridized carbons (Fsp3) is 0.0625. The minimum Gasteiger partial charge on any atom is -0.473 e. The average molecular weight is 314 g/mol. The number of hydrogen-bond donors (Lipinski definition) is 0. The zero-order valence-corrected chi connectivity index (χ0v) is 12.5. The first kappa shape index (κ1) is 14.3. The third kappa shape index (κ3) is 3.01. The van der Waals surface area contributed by atoms with E-state index in [1.807, 2.05) is 30.3 Å². The van der Waals surface area contributed by atoms with E-state index >= 15 is 0 Å². The van der Waals surface area contributed by atoms with Gasteiger partial charge in [-0.25, -0.2) is 3.97 Å². The predicted octanol–water partition coefficient (Wildman–Crippen LogP) is 2.70. The molecule has 5 nitrogen and oxygen atoms in total. The Bertz CT molecular complexity index is 844. The molecule has 112 valence electrons. The van der Waals surface area contributed by atoms with Gasteiger partial charge in [-0.3, -0.25) is 0 Å². The predicted molar refractivity (Wildman–Crippen MR) is 82.0 cm³/mol. The van der Waals surface area contributed by atoms with Crippen molar-refractivity contribution in [3.63, 3.8) is 0 Å². The van der Waals surface area contributed by atoms with Crippen LogP contribution in [0, 0.1) is 0 Å². The zero-order chi connectivity index (χ0) is 15.4. The van der Waals surface area contributed by atoms with E-state index in [-0.39, 0.29) is 10.9 Å². The lowest BCUT2D eigenvalue weighted by Crippen LogP contribution is -2.13. The van der Waals surface area contributed by atoms with Crippen LogP contribution >= 0.6 is 0 Å². The fourth-order valence-corrected chi connectivity index (χ4v) is 3.07. The van der Waals surface area contributed by atoms with E-state index in [1.165, 1.54) is 18.5 Å². The Morgan fingerprint density at radius 1 is 0.909 bits per heavy atom. The van der Waals surface area contributed by atoms with Gasteiger partial charge in [-0.05, 0) is 23.8 Å². The first-order valence-electron chi connectivity index (χ1n) is 6.68. The molecule has 0 atom stereocenters. The summed E-state index contributed by atoms with van der Waals surface area (Å²) in [6.45, 7) is 0.334. The number of nitrogens with zero attached hydrogens (tertiary/aromatic N) is 2. The van der Waals surface area contributed by atoms with Crippen molar-refractivity contribution in [1.82, 2.24) is 8.96 Å². The number of ether oxygens (including phenoxy) is 1. The minimum absolute atomic E-state index is 0.0470. The maximum Gasteiger partial charge on any atom is 0.285 e. The molecule has 2 aromatic heterocycles. The molecule has 3 aromatic rings. The molecule has 0 radical (unpaired) electrons. The second kappa shape index (κ2) is 6.03. The van der Waals surface area contributed by atoms with Gasteiger partial charge >= 0.3 is 0 Å². The molecule has 0 N–H and O–H groups in total. The lowest BCUT2D eigenvalue weighted by atomic mass is 10.2. The van der Waals surface area contributed by atoms with E-state index < -0.39 is 10.0 Å². The van der Waals surface area contributed by atoms with Crippen LogP contribution in [0.4, 0.5) is 0 Å². The van der Waals surface area contributed by atoms with Crippen LogP contribution in [0.5, 0.6) is 5.88 Å². The topological polar surface area (TPSA) is 61.2 Å². The minimum atomic E-state index is -3.68. The molecule has 0 fully saturated rings. The Morgan fingerprint density at radius 2 is 1.64 bits per heavy atom. The smallest absolute Gasteiger partial charge is 0.285 e. The molecule has 1 aromatic carbocycles. The number of rotatable bonds is 5. The van der Waals surface area contributed by atoms with Gasteiger partial charge in [0, 0.05) is 18.5 Å². The SMILES string of the molecule is O=S(=O)(c1cccc(OCc2ccccc2)n1)n1cccc1. The quantitative estimate of drug-likeness (QED) is 0.726. The summed E-state index contributed by atoms with van der Waals surface area (Å²) in [4.78, 5) is 4.08. The van der Waals surface area contributed by atoms with Gasteiger partial charge in [-0.15, -0.1) is 0 Å². The standard InChI is InChI=1S/C16H14N2O3S/c19-22(20,18-11-4-5-12-18)16-10-6-9-15(17-16)21-13-14-7-2-1-3-8-14/h1-12H,13H2. The van der Waals surface area contributed by atoms with Crippen molar-refractivity contribution >= 4 is 10.0 Å². The van der Waals surface area contributed by atoms with Gasteiger partial charge in [0.25, 0.3) is 10.0 Å². The highest BCUT2D eigenvalue weighted by Crippen LogP contribution is 2.16. The Kier molecular flexibility index (Phi) is 3.93. The molecule has 0 spiro atoms. The van der Waals surface area contributed by atoms with Crippen LogP contribution in [0.1, 0.15) is 5.56 Å². The summed E-state index contributed by atoms with van der Waals surface area (Å²) >= 11 is 0. The van der Waals surface area contributed by atoms with Crippen LogP contribution in [0.15, 0.2) is 78.1 Å². The molecular formula is C16H14N2O3S. The van der Waals surface area contributed by atoms with Crippen LogP contribution in [0.2, 0.25) is 0 Å². The summed E-state index contributed by atoms with van der Waals surface area (Å²) < 4.78 is 31.4. The summed E-state index contributed by atoms with van der Waals surface area (Å²) in [6, 6.07) is 17.6. The van der Waals surface area contributed by atoms with Crippen molar-refractivity contribution in [3.8, 4) is 5.88 Å². The lowest BCUT2D eigenvalue weighted by Gasteiger charge is -2.08. The van der Waals surface area contributed by atoms with E-state index in [2.05, 4.69) is 4.98 Å². The number of benzene rings is 1. The Labute approximate surface area is 128 Å². The molecule has 3 rings (SSSR count). The summed E-state index contributed by atoms with van der Waals surface area (Å²) in [6.07, 6.45) is 2.93. The average Bonchev–Trinajstić information content (AvgIpc) is 3.09. The normalized spacial score (nSPS) is 11.3. The van der Waals surface area contributed by atoms with Gasteiger partial charge in [0.15, 0.2) is 5.03 Å². The molecule has 0 saturated heterocycles. The highest BCUT2D eigenvalue weighted by molar-refractivity contribution is 7.89. The van der Waals surface area contributed by atoms with Crippen molar-refractivity contribution in [2.75, 3.05) is 0 Å². The fourth-order valence-electron chi connectivity index (χ4n) is 1.94.